The summed E-state index contributed by atoms with van der Waals surface area (Å²) in [5.41, 5.74) is 7.60. The lowest BCUT2D eigenvalue weighted by Gasteiger charge is -2.36. The summed E-state index contributed by atoms with van der Waals surface area (Å²) in [5.74, 6) is 0.0521. The predicted molar refractivity (Wildman–Crippen MR) is 183 cm³/mol. The van der Waals surface area contributed by atoms with E-state index in [1.54, 1.807) is 0 Å². The van der Waals surface area contributed by atoms with E-state index in [1.165, 1.54) is 17.1 Å². The van der Waals surface area contributed by atoms with Gasteiger partial charge in [-0.05, 0) is 48.5 Å². The van der Waals surface area contributed by atoms with Crippen LogP contribution in [0.2, 0.25) is 0 Å². The zero-order chi connectivity index (χ0) is 30.4. The molecule has 8 heteroatoms. The standard InChI is InChI=1S/C37H41N7O/c45-36(18-20-40-21-25-42(26-22-40)32-9-3-1-4-10-32)38-31-16-14-30(15-17-31)37-34(44-19-8-7-13-35(44)39-37)29-41-23-27-43(28-24-41)33-11-5-2-6-12-33/h1-17,19H,18,20-29H2,(H,38,45). The molecule has 7 rings (SSSR count). The van der Waals surface area contributed by atoms with E-state index in [4.69, 9.17) is 4.98 Å². The van der Waals surface area contributed by atoms with Gasteiger partial charge in [0.15, 0.2) is 0 Å². The lowest BCUT2D eigenvalue weighted by molar-refractivity contribution is -0.116. The Balaban J connectivity index is 0.953. The number of hydrogen-bond acceptors (Lipinski definition) is 6. The Morgan fingerprint density at radius 2 is 1.22 bits per heavy atom. The molecule has 2 saturated heterocycles. The SMILES string of the molecule is O=C(CCN1CCN(c2ccccc2)CC1)Nc1ccc(-c2nc3ccccn3c2CN2CCN(c3ccccc3)CC2)cc1. The van der Waals surface area contributed by atoms with Crippen molar-refractivity contribution in [1.29, 1.82) is 0 Å². The molecule has 0 atom stereocenters. The molecule has 0 unspecified atom stereocenters. The molecule has 0 spiro atoms. The van der Waals surface area contributed by atoms with Gasteiger partial charge < -0.3 is 19.5 Å². The van der Waals surface area contributed by atoms with Crippen LogP contribution in [0.3, 0.4) is 0 Å². The molecular formula is C37H41N7O. The highest BCUT2D eigenvalue weighted by Gasteiger charge is 2.22. The third-order valence-corrected chi connectivity index (χ3v) is 9.09. The average Bonchev–Trinajstić information content (AvgIpc) is 3.47. The van der Waals surface area contributed by atoms with E-state index in [0.717, 1.165) is 88.0 Å². The summed E-state index contributed by atoms with van der Waals surface area (Å²) in [6, 6.07) is 35.6. The molecule has 2 aromatic heterocycles. The summed E-state index contributed by atoms with van der Waals surface area (Å²) in [5, 5.41) is 3.10. The van der Waals surface area contributed by atoms with Gasteiger partial charge in [0.1, 0.15) is 5.65 Å². The average molecular weight is 600 g/mol. The van der Waals surface area contributed by atoms with Crippen LogP contribution in [0.15, 0.2) is 109 Å². The maximum Gasteiger partial charge on any atom is 0.225 e. The number of hydrogen-bond donors (Lipinski definition) is 1. The van der Waals surface area contributed by atoms with Gasteiger partial charge in [0.05, 0.1) is 11.4 Å². The number of aromatic nitrogens is 2. The molecule has 3 aromatic carbocycles. The minimum absolute atomic E-state index is 0.0521. The van der Waals surface area contributed by atoms with Gasteiger partial charge in [0.25, 0.3) is 0 Å². The van der Waals surface area contributed by atoms with Crippen molar-refractivity contribution >= 4 is 28.6 Å². The molecule has 0 bridgehead atoms. The number of amides is 1. The monoisotopic (exact) mass is 599 g/mol. The van der Waals surface area contributed by atoms with E-state index >= 15 is 0 Å². The number of nitrogens with one attached hydrogen (secondary N) is 1. The van der Waals surface area contributed by atoms with Crippen molar-refractivity contribution in [2.45, 2.75) is 13.0 Å². The smallest absolute Gasteiger partial charge is 0.225 e. The summed E-state index contributed by atoms with van der Waals surface area (Å²) >= 11 is 0. The Hall–Kier alpha value is -4.66. The highest BCUT2D eigenvalue weighted by atomic mass is 16.1. The van der Waals surface area contributed by atoms with Gasteiger partial charge in [-0.1, -0.05) is 54.6 Å². The van der Waals surface area contributed by atoms with Gasteiger partial charge in [0, 0.05) is 101 Å². The molecule has 8 nitrogen and oxygen atoms in total. The first-order valence-electron chi connectivity index (χ1n) is 16.1. The zero-order valence-electron chi connectivity index (χ0n) is 25.8. The van der Waals surface area contributed by atoms with Crippen molar-refractivity contribution in [3.63, 3.8) is 0 Å². The summed E-state index contributed by atoms with van der Waals surface area (Å²) in [4.78, 5) is 27.7. The van der Waals surface area contributed by atoms with Crippen LogP contribution < -0.4 is 15.1 Å². The van der Waals surface area contributed by atoms with Crippen LogP contribution in [0.4, 0.5) is 17.1 Å². The van der Waals surface area contributed by atoms with Crippen molar-refractivity contribution in [2.24, 2.45) is 0 Å². The van der Waals surface area contributed by atoms with Gasteiger partial charge in [-0.3, -0.25) is 14.6 Å². The highest BCUT2D eigenvalue weighted by molar-refractivity contribution is 5.91. The second-order valence-electron chi connectivity index (χ2n) is 12.0. The van der Waals surface area contributed by atoms with Crippen LogP contribution >= 0.6 is 0 Å². The molecule has 2 aliphatic heterocycles. The lowest BCUT2D eigenvalue weighted by Crippen LogP contribution is -2.47. The second-order valence-corrected chi connectivity index (χ2v) is 12.0. The van der Waals surface area contributed by atoms with Crippen molar-refractivity contribution in [2.75, 3.05) is 74.0 Å². The molecule has 0 radical (unpaired) electrons. The summed E-state index contributed by atoms with van der Waals surface area (Å²) < 4.78 is 2.22. The summed E-state index contributed by atoms with van der Waals surface area (Å²) in [6.07, 6.45) is 2.60. The molecule has 0 aliphatic carbocycles. The number of piperazine rings is 2. The normalized spacial score (nSPS) is 16.3. The molecule has 45 heavy (non-hydrogen) atoms. The fraction of sp³-hybridized carbons (Fsp3) is 0.297. The van der Waals surface area contributed by atoms with E-state index < -0.39 is 0 Å². The van der Waals surface area contributed by atoms with Gasteiger partial charge in [-0.15, -0.1) is 0 Å². The third kappa shape index (κ3) is 6.87. The van der Waals surface area contributed by atoms with Crippen molar-refractivity contribution < 1.29 is 4.79 Å². The number of pyridine rings is 1. The second kappa shape index (κ2) is 13.5. The molecule has 1 amide bonds. The van der Waals surface area contributed by atoms with E-state index in [9.17, 15) is 4.79 Å². The minimum Gasteiger partial charge on any atom is -0.369 e. The molecular weight excluding hydrogens is 558 g/mol. The molecule has 1 N–H and O–H groups in total. The van der Waals surface area contributed by atoms with Crippen molar-refractivity contribution in [3.05, 3.63) is 115 Å². The Labute approximate surface area is 265 Å². The number of carbonyl (C=O) groups excluding carboxylic acids is 1. The first-order chi connectivity index (χ1) is 22.2. The maximum absolute atomic E-state index is 12.8. The maximum atomic E-state index is 12.8. The van der Waals surface area contributed by atoms with Crippen LogP contribution in [-0.4, -0.2) is 84.0 Å². The Kier molecular flexibility index (Phi) is 8.75. The zero-order valence-corrected chi connectivity index (χ0v) is 25.8. The number of imidazole rings is 1. The molecule has 0 saturated carbocycles. The molecule has 230 valence electrons. The minimum atomic E-state index is 0.0521. The highest BCUT2D eigenvalue weighted by Crippen LogP contribution is 2.28. The Morgan fingerprint density at radius 3 is 1.84 bits per heavy atom. The van der Waals surface area contributed by atoms with E-state index in [-0.39, 0.29) is 5.91 Å². The molecule has 2 aliphatic rings. The number of nitrogens with zero attached hydrogens (tertiary/aromatic N) is 6. The van der Waals surface area contributed by atoms with Gasteiger partial charge in [-0.2, -0.15) is 0 Å². The van der Waals surface area contributed by atoms with Gasteiger partial charge in [0.2, 0.25) is 5.91 Å². The van der Waals surface area contributed by atoms with Crippen molar-refractivity contribution in [3.8, 4) is 11.3 Å². The van der Waals surface area contributed by atoms with Gasteiger partial charge >= 0.3 is 0 Å². The Bertz CT molecular complexity index is 1690. The number of fused-ring (bicyclic) bond motifs is 1. The van der Waals surface area contributed by atoms with Crippen LogP contribution in [-0.2, 0) is 11.3 Å². The number of benzene rings is 3. The molecule has 5 aromatic rings. The lowest BCUT2D eigenvalue weighted by atomic mass is 10.1. The predicted octanol–water partition coefficient (Wildman–Crippen LogP) is 5.47. The molecule has 4 heterocycles. The third-order valence-electron chi connectivity index (χ3n) is 9.09. The fourth-order valence-corrected chi connectivity index (χ4v) is 6.51. The van der Waals surface area contributed by atoms with E-state index in [0.29, 0.717) is 6.42 Å². The topological polar surface area (TPSA) is 59.4 Å². The fourth-order valence-electron chi connectivity index (χ4n) is 6.51. The van der Waals surface area contributed by atoms with Gasteiger partial charge in [-0.25, -0.2) is 4.98 Å². The van der Waals surface area contributed by atoms with Crippen LogP contribution in [0.1, 0.15) is 12.1 Å². The van der Waals surface area contributed by atoms with Crippen LogP contribution in [0.25, 0.3) is 16.9 Å². The van der Waals surface area contributed by atoms with Crippen LogP contribution in [0.5, 0.6) is 0 Å². The van der Waals surface area contributed by atoms with Crippen LogP contribution in [0, 0.1) is 0 Å². The Morgan fingerprint density at radius 1 is 0.644 bits per heavy atom. The number of carbonyl (C=O) groups is 1. The molecule has 2 fully saturated rings. The summed E-state index contributed by atoms with van der Waals surface area (Å²) in [7, 11) is 0. The first-order valence-corrected chi connectivity index (χ1v) is 16.1. The van der Waals surface area contributed by atoms with Crippen molar-refractivity contribution in [1.82, 2.24) is 19.2 Å². The largest absolute Gasteiger partial charge is 0.369 e. The number of para-hydroxylation sites is 2. The summed E-state index contributed by atoms with van der Waals surface area (Å²) in [6.45, 7) is 9.55. The quantitative estimate of drug-likeness (QED) is 0.242. The number of anilines is 3. The van der Waals surface area contributed by atoms with E-state index in [1.807, 2.05) is 18.2 Å². The number of rotatable bonds is 9. The first kappa shape index (κ1) is 29.1. The van der Waals surface area contributed by atoms with E-state index in [2.05, 4.69) is 120 Å².